The van der Waals surface area contributed by atoms with Gasteiger partial charge in [-0.05, 0) is 24.5 Å². The van der Waals surface area contributed by atoms with Gasteiger partial charge in [-0.25, -0.2) is 4.98 Å². The van der Waals surface area contributed by atoms with Gasteiger partial charge in [0.15, 0.2) is 10.8 Å². The quantitative estimate of drug-likeness (QED) is 0.652. The summed E-state index contributed by atoms with van der Waals surface area (Å²) in [5, 5.41) is 4.63. The molecule has 1 aliphatic rings. The van der Waals surface area contributed by atoms with E-state index in [0.29, 0.717) is 6.54 Å². The molecule has 3 heterocycles. The first kappa shape index (κ1) is 17.1. The van der Waals surface area contributed by atoms with Crippen LogP contribution in [0, 0.1) is 0 Å². The second-order valence-corrected chi connectivity index (χ2v) is 7.30. The number of rotatable bonds is 3. The van der Waals surface area contributed by atoms with Crippen molar-refractivity contribution in [3.63, 3.8) is 0 Å². The van der Waals surface area contributed by atoms with Crippen LogP contribution in [0.25, 0.3) is 10.4 Å². The summed E-state index contributed by atoms with van der Waals surface area (Å²) < 4.78 is 39.8. The Morgan fingerprint density at radius 1 is 1.12 bits per heavy atom. The minimum atomic E-state index is -4.40. The van der Waals surface area contributed by atoms with Gasteiger partial charge in [-0.2, -0.15) is 18.3 Å². The monoisotopic (exact) mass is 378 g/mol. The van der Waals surface area contributed by atoms with E-state index < -0.39 is 11.9 Å². The standard InChI is InChI=1S/C18H17F3N4S/c19-18(20,21)16-8-10-25(23-16)14-7-4-9-24(12-14)17-22-11-15(26-17)13-5-2-1-3-6-13/h1-3,5-6,8,10-11,14H,4,7,9,12H2. The van der Waals surface area contributed by atoms with Gasteiger partial charge in [0.05, 0.1) is 10.9 Å². The molecule has 0 radical (unpaired) electrons. The van der Waals surface area contributed by atoms with Gasteiger partial charge in [-0.1, -0.05) is 41.7 Å². The Bertz CT molecular complexity index is 872. The van der Waals surface area contributed by atoms with Crippen LogP contribution in [0.4, 0.5) is 18.3 Å². The van der Waals surface area contributed by atoms with Gasteiger partial charge in [0.25, 0.3) is 0 Å². The van der Waals surface area contributed by atoms with Crippen molar-refractivity contribution < 1.29 is 13.2 Å². The van der Waals surface area contributed by atoms with Crippen LogP contribution in [0.1, 0.15) is 24.6 Å². The molecule has 1 saturated heterocycles. The molecule has 4 nitrogen and oxygen atoms in total. The smallest absolute Gasteiger partial charge is 0.346 e. The largest absolute Gasteiger partial charge is 0.435 e. The Morgan fingerprint density at radius 2 is 1.92 bits per heavy atom. The number of benzene rings is 1. The van der Waals surface area contributed by atoms with Gasteiger partial charge >= 0.3 is 6.18 Å². The van der Waals surface area contributed by atoms with Gasteiger partial charge < -0.3 is 4.90 Å². The van der Waals surface area contributed by atoms with Crippen LogP contribution in [0.5, 0.6) is 0 Å². The third kappa shape index (κ3) is 3.46. The number of halogens is 3. The molecule has 0 bridgehead atoms. The molecule has 1 atom stereocenters. The van der Waals surface area contributed by atoms with Crippen molar-refractivity contribution in [2.75, 3.05) is 18.0 Å². The number of hydrogen-bond acceptors (Lipinski definition) is 4. The fourth-order valence-electron chi connectivity index (χ4n) is 3.18. The highest BCUT2D eigenvalue weighted by Crippen LogP contribution is 2.34. The zero-order valence-electron chi connectivity index (χ0n) is 13.9. The molecule has 2 aromatic heterocycles. The van der Waals surface area contributed by atoms with Gasteiger partial charge in [-0.15, -0.1) is 0 Å². The first-order chi connectivity index (χ1) is 12.5. The number of nitrogens with zero attached hydrogens (tertiary/aromatic N) is 4. The van der Waals surface area contributed by atoms with Gasteiger partial charge in [0, 0.05) is 25.5 Å². The van der Waals surface area contributed by atoms with E-state index >= 15 is 0 Å². The summed E-state index contributed by atoms with van der Waals surface area (Å²) in [6.45, 7) is 1.46. The van der Waals surface area contributed by atoms with E-state index in [4.69, 9.17) is 0 Å². The van der Waals surface area contributed by atoms with E-state index in [-0.39, 0.29) is 6.04 Å². The Kier molecular flexibility index (Phi) is 4.44. The van der Waals surface area contributed by atoms with Crippen LogP contribution in [0.3, 0.4) is 0 Å². The molecule has 3 aromatic rings. The van der Waals surface area contributed by atoms with Crippen molar-refractivity contribution in [3.8, 4) is 10.4 Å². The summed E-state index contributed by atoms with van der Waals surface area (Å²) in [6, 6.07) is 11.0. The lowest BCUT2D eigenvalue weighted by atomic mass is 10.1. The van der Waals surface area contributed by atoms with Crippen molar-refractivity contribution in [3.05, 3.63) is 54.5 Å². The third-order valence-electron chi connectivity index (χ3n) is 4.49. The average molecular weight is 378 g/mol. The molecule has 1 aliphatic heterocycles. The number of anilines is 1. The predicted molar refractivity (Wildman–Crippen MR) is 95.3 cm³/mol. The topological polar surface area (TPSA) is 34.0 Å². The van der Waals surface area contributed by atoms with Crippen molar-refractivity contribution in [1.82, 2.24) is 14.8 Å². The molecule has 1 aromatic carbocycles. The minimum absolute atomic E-state index is 0.0797. The number of alkyl halides is 3. The Hall–Kier alpha value is -2.35. The Morgan fingerprint density at radius 3 is 2.65 bits per heavy atom. The second-order valence-electron chi connectivity index (χ2n) is 6.29. The molecule has 8 heteroatoms. The molecule has 0 aliphatic carbocycles. The van der Waals surface area contributed by atoms with E-state index in [2.05, 4.69) is 15.0 Å². The molecule has 136 valence electrons. The van der Waals surface area contributed by atoms with Crippen molar-refractivity contribution in [1.29, 1.82) is 0 Å². The van der Waals surface area contributed by atoms with Crippen LogP contribution in [0.2, 0.25) is 0 Å². The molecule has 0 amide bonds. The van der Waals surface area contributed by atoms with Crippen LogP contribution >= 0.6 is 11.3 Å². The summed E-state index contributed by atoms with van der Waals surface area (Å²) in [5.74, 6) is 0. The summed E-state index contributed by atoms with van der Waals surface area (Å²) in [4.78, 5) is 7.75. The molecule has 26 heavy (non-hydrogen) atoms. The minimum Gasteiger partial charge on any atom is -0.346 e. The SMILES string of the molecule is FC(F)(F)c1ccn(C2CCCN(c3ncc(-c4ccccc4)s3)C2)n1. The molecular formula is C18H17F3N4S. The summed E-state index contributed by atoms with van der Waals surface area (Å²) in [7, 11) is 0. The van der Waals surface area contributed by atoms with E-state index in [1.165, 1.54) is 10.9 Å². The van der Waals surface area contributed by atoms with E-state index in [1.54, 1.807) is 11.3 Å². The van der Waals surface area contributed by atoms with Gasteiger partial charge in [0.2, 0.25) is 0 Å². The van der Waals surface area contributed by atoms with Crippen LogP contribution in [-0.4, -0.2) is 27.9 Å². The fourth-order valence-corrected chi connectivity index (χ4v) is 4.14. The maximum atomic E-state index is 12.8. The number of aromatic nitrogens is 3. The molecule has 0 saturated carbocycles. The molecule has 1 unspecified atom stereocenters. The van der Waals surface area contributed by atoms with Crippen LogP contribution in [-0.2, 0) is 6.18 Å². The molecule has 0 spiro atoms. The zero-order chi connectivity index (χ0) is 18.1. The lowest BCUT2D eigenvalue weighted by Gasteiger charge is -2.32. The van der Waals surface area contributed by atoms with E-state index in [9.17, 15) is 13.2 Å². The average Bonchev–Trinajstić information content (AvgIpc) is 3.32. The second kappa shape index (κ2) is 6.75. The van der Waals surface area contributed by atoms with Gasteiger partial charge in [0.1, 0.15) is 0 Å². The molecule has 1 fully saturated rings. The first-order valence-corrected chi connectivity index (χ1v) is 9.21. The summed E-state index contributed by atoms with van der Waals surface area (Å²) in [6.07, 6.45) is 0.584. The van der Waals surface area contributed by atoms with Crippen molar-refractivity contribution in [2.24, 2.45) is 0 Å². The predicted octanol–water partition coefficient (Wildman–Crippen LogP) is 4.87. The third-order valence-corrected chi connectivity index (χ3v) is 5.60. The Labute approximate surface area is 152 Å². The van der Waals surface area contributed by atoms with Gasteiger partial charge in [-0.3, -0.25) is 4.68 Å². The lowest BCUT2D eigenvalue weighted by molar-refractivity contribution is -0.141. The number of thiazole rings is 1. The number of piperidine rings is 1. The normalized spacial score (nSPS) is 18.3. The summed E-state index contributed by atoms with van der Waals surface area (Å²) >= 11 is 1.60. The van der Waals surface area contributed by atoms with Crippen LogP contribution in [0.15, 0.2) is 48.8 Å². The van der Waals surface area contributed by atoms with E-state index in [1.807, 2.05) is 36.5 Å². The molecule has 0 N–H and O–H groups in total. The lowest BCUT2D eigenvalue weighted by Crippen LogP contribution is -2.36. The van der Waals surface area contributed by atoms with Crippen molar-refractivity contribution in [2.45, 2.75) is 25.1 Å². The maximum absolute atomic E-state index is 12.8. The summed E-state index contributed by atoms with van der Waals surface area (Å²) in [5.41, 5.74) is 0.280. The van der Waals surface area contributed by atoms with Crippen LogP contribution < -0.4 is 4.90 Å². The highest BCUT2D eigenvalue weighted by atomic mass is 32.1. The van der Waals surface area contributed by atoms with Crippen molar-refractivity contribution >= 4 is 16.5 Å². The first-order valence-electron chi connectivity index (χ1n) is 8.39. The highest BCUT2D eigenvalue weighted by Gasteiger charge is 2.34. The fraction of sp³-hybridized carbons (Fsp3) is 0.333. The number of hydrogen-bond donors (Lipinski definition) is 0. The zero-order valence-corrected chi connectivity index (χ0v) is 14.7. The molecular weight excluding hydrogens is 361 g/mol. The van der Waals surface area contributed by atoms with E-state index in [0.717, 1.165) is 41.0 Å². The Balaban J connectivity index is 1.51. The highest BCUT2D eigenvalue weighted by molar-refractivity contribution is 7.18. The molecule has 4 rings (SSSR count). The maximum Gasteiger partial charge on any atom is 0.435 e.